The molecule has 0 N–H and O–H groups in total. The van der Waals surface area contributed by atoms with E-state index in [1.165, 1.54) is 0 Å². The first-order valence-electron chi connectivity index (χ1n) is 7.79. The van der Waals surface area contributed by atoms with E-state index in [9.17, 15) is 0 Å². The average molecular weight is 369 g/mol. The number of hydrogen-bond donors (Lipinski definition) is 0. The van der Waals surface area contributed by atoms with Gasteiger partial charge in [0.2, 0.25) is 15.0 Å². The summed E-state index contributed by atoms with van der Waals surface area (Å²) in [5.74, 6) is 0.789. The Balaban J connectivity index is 2.88. The van der Waals surface area contributed by atoms with Gasteiger partial charge in [0.1, 0.15) is 0 Å². The monoisotopic (exact) mass is 369 g/mol. The summed E-state index contributed by atoms with van der Waals surface area (Å²) in [7, 11) is 11.9. The predicted molar refractivity (Wildman–Crippen MR) is 106 cm³/mol. The fraction of sp³-hybridized carbons (Fsp3) is 0.533. The van der Waals surface area contributed by atoms with Crippen molar-refractivity contribution in [3.8, 4) is 0 Å². The highest BCUT2D eigenvalue weighted by molar-refractivity contribution is 7.72. The standard InChI is InChI=1S/C15H29N7P2/c1-19(2)23(20(3)4)16-15(14-12-10-9-11-13-14)17-24(18-23,21(5)6)22(7)8/h9-13H,1-8H3. The fourth-order valence-electron chi connectivity index (χ4n) is 2.57. The zero-order valence-corrected chi connectivity index (χ0v) is 17.7. The van der Waals surface area contributed by atoms with Crippen molar-refractivity contribution in [1.82, 2.24) is 18.7 Å². The van der Waals surface area contributed by atoms with Gasteiger partial charge in [0.05, 0.1) is 0 Å². The minimum atomic E-state index is -2.23. The summed E-state index contributed by atoms with van der Waals surface area (Å²) in [4.78, 5) is 0. The van der Waals surface area contributed by atoms with Gasteiger partial charge in [-0.15, -0.1) is 0 Å². The van der Waals surface area contributed by atoms with E-state index in [1.54, 1.807) is 0 Å². The maximum Gasteiger partial charge on any atom is 0.219 e. The average Bonchev–Trinajstić information content (AvgIpc) is 2.54. The van der Waals surface area contributed by atoms with Crippen molar-refractivity contribution in [2.75, 3.05) is 56.4 Å². The summed E-state index contributed by atoms with van der Waals surface area (Å²) in [5.41, 5.74) is 1.04. The Kier molecular flexibility index (Phi) is 5.86. The van der Waals surface area contributed by atoms with Crippen LogP contribution < -0.4 is 0 Å². The number of rotatable bonds is 5. The van der Waals surface area contributed by atoms with Crippen LogP contribution in [-0.4, -0.2) is 80.9 Å². The number of nitrogens with zero attached hydrogens (tertiary/aromatic N) is 7. The molecule has 1 aliphatic rings. The SMILES string of the molecule is CN(C)P1(N(C)C)=NC(c2ccccc2)=NP(N(C)C)(N(C)C)=N1. The highest BCUT2D eigenvalue weighted by atomic mass is 31.2. The van der Waals surface area contributed by atoms with Gasteiger partial charge in [-0.05, 0) is 56.4 Å². The normalized spacial score (nSPS) is 19.4. The molecule has 24 heavy (non-hydrogen) atoms. The second kappa shape index (κ2) is 7.20. The van der Waals surface area contributed by atoms with E-state index in [2.05, 4.69) is 87.2 Å². The Morgan fingerprint density at radius 2 is 1.12 bits per heavy atom. The Morgan fingerprint density at radius 1 is 0.667 bits per heavy atom. The molecule has 134 valence electrons. The quantitative estimate of drug-likeness (QED) is 0.745. The van der Waals surface area contributed by atoms with Crippen molar-refractivity contribution in [3.63, 3.8) is 0 Å². The molecule has 0 unspecified atom stereocenters. The zero-order chi connectivity index (χ0) is 18.1. The maximum atomic E-state index is 5.29. The molecule has 0 saturated carbocycles. The number of hydrogen-bond acceptors (Lipinski definition) is 7. The van der Waals surface area contributed by atoms with Crippen molar-refractivity contribution in [1.29, 1.82) is 0 Å². The number of benzene rings is 1. The van der Waals surface area contributed by atoms with E-state index in [1.807, 2.05) is 18.2 Å². The predicted octanol–water partition coefficient (Wildman–Crippen LogP) is 3.59. The summed E-state index contributed by atoms with van der Waals surface area (Å²) < 4.78 is 24.0. The lowest BCUT2D eigenvalue weighted by Crippen LogP contribution is -2.27. The number of amidine groups is 1. The molecule has 1 aliphatic heterocycles. The summed E-state index contributed by atoms with van der Waals surface area (Å²) in [6.07, 6.45) is 0. The molecule has 0 saturated heterocycles. The van der Waals surface area contributed by atoms with E-state index < -0.39 is 15.0 Å². The molecular weight excluding hydrogens is 340 g/mol. The van der Waals surface area contributed by atoms with Crippen LogP contribution in [0.1, 0.15) is 5.56 Å². The third-order valence-corrected chi connectivity index (χ3v) is 11.0. The van der Waals surface area contributed by atoms with Gasteiger partial charge in [0.15, 0.2) is 5.84 Å². The molecule has 0 spiro atoms. The van der Waals surface area contributed by atoms with Crippen molar-refractivity contribution >= 4 is 20.8 Å². The Hall–Kier alpha value is -0.810. The van der Waals surface area contributed by atoms with E-state index in [0.29, 0.717) is 0 Å². The smallest absolute Gasteiger partial charge is 0.219 e. The fourth-order valence-corrected chi connectivity index (χ4v) is 9.79. The zero-order valence-electron chi connectivity index (χ0n) is 15.9. The first-order chi connectivity index (χ1) is 11.2. The molecule has 1 aromatic carbocycles. The van der Waals surface area contributed by atoms with Gasteiger partial charge < -0.3 is 0 Å². The maximum absolute atomic E-state index is 5.29. The van der Waals surface area contributed by atoms with Crippen LogP contribution in [0.5, 0.6) is 0 Å². The lowest BCUT2D eigenvalue weighted by Gasteiger charge is -2.41. The molecule has 1 heterocycles. The molecule has 0 fully saturated rings. The first kappa shape index (κ1) is 19.5. The van der Waals surface area contributed by atoms with E-state index >= 15 is 0 Å². The minimum Gasteiger partial charge on any atom is -0.246 e. The molecule has 0 aliphatic carbocycles. The van der Waals surface area contributed by atoms with Gasteiger partial charge in [-0.25, -0.2) is 18.7 Å². The van der Waals surface area contributed by atoms with Crippen LogP contribution in [-0.2, 0) is 0 Å². The molecule has 0 bridgehead atoms. The molecular formula is C15H29N7P2. The highest BCUT2D eigenvalue weighted by Crippen LogP contribution is 2.70. The molecule has 0 radical (unpaired) electrons. The molecule has 0 atom stereocenters. The van der Waals surface area contributed by atoms with Crippen LogP contribution >= 0.6 is 15.0 Å². The van der Waals surface area contributed by atoms with Crippen molar-refractivity contribution in [2.45, 2.75) is 0 Å². The summed E-state index contributed by atoms with van der Waals surface area (Å²) in [6.45, 7) is 0. The van der Waals surface area contributed by atoms with E-state index in [-0.39, 0.29) is 0 Å². The highest BCUT2D eigenvalue weighted by Gasteiger charge is 2.38. The van der Waals surface area contributed by atoms with Gasteiger partial charge >= 0.3 is 0 Å². The molecule has 0 aromatic heterocycles. The van der Waals surface area contributed by atoms with E-state index in [0.717, 1.165) is 11.4 Å². The molecule has 9 heteroatoms. The molecule has 0 amide bonds. The Bertz CT molecular complexity index is 677. The summed E-state index contributed by atoms with van der Waals surface area (Å²) >= 11 is 0. The largest absolute Gasteiger partial charge is 0.246 e. The summed E-state index contributed by atoms with van der Waals surface area (Å²) in [5, 5.41) is 0. The lowest BCUT2D eigenvalue weighted by molar-refractivity contribution is 0.544. The van der Waals surface area contributed by atoms with Crippen LogP contribution in [0.25, 0.3) is 0 Å². The van der Waals surface area contributed by atoms with Crippen molar-refractivity contribution in [3.05, 3.63) is 35.9 Å². The molecule has 2 rings (SSSR count). The van der Waals surface area contributed by atoms with Crippen LogP contribution in [0.4, 0.5) is 0 Å². The van der Waals surface area contributed by atoms with Gasteiger partial charge in [0, 0.05) is 5.56 Å². The van der Waals surface area contributed by atoms with Crippen molar-refractivity contribution < 1.29 is 0 Å². The van der Waals surface area contributed by atoms with Gasteiger partial charge in [-0.2, -0.15) is 14.0 Å². The van der Waals surface area contributed by atoms with Crippen molar-refractivity contribution in [2.24, 2.45) is 14.0 Å². The second-order valence-electron chi connectivity index (χ2n) is 6.44. The third-order valence-electron chi connectivity index (χ3n) is 3.88. The third kappa shape index (κ3) is 3.30. The Labute approximate surface area is 146 Å². The van der Waals surface area contributed by atoms with E-state index in [4.69, 9.17) is 14.0 Å². The molecule has 7 nitrogen and oxygen atoms in total. The van der Waals surface area contributed by atoms with Crippen LogP contribution in [0.3, 0.4) is 0 Å². The van der Waals surface area contributed by atoms with Gasteiger partial charge in [-0.1, -0.05) is 30.3 Å². The van der Waals surface area contributed by atoms with Crippen LogP contribution in [0.2, 0.25) is 0 Å². The minimum absolute atomic E-state index is 0.789. The van der Waals surface area contributed by atoms with Crippen LogP contribution in [0, 0.1) is 0 Å². The first-order valence-corrected chi connectivity index (χ1v) is 11.0. The lowest BCUT2D eigenvalue weighted by atomic mass is 10.2. The molecule has 1 aromatic rings. The van der Waals surface area contributed by atoms with Crippen LogP contribution in [0.15, 0.2) is 44.4 Å². The summed E-state index contributed by atoms with van der Waals surface area (Å²) in [6, 6.07) is 10.2. The topological polar surface area (TPSA) is 50.0 Å². The van der Waals surface area contributed by atoms with Gasteiger partial charge in [-0.3, -0.25) is 0 Å². The van der Waals surface area contributed by atoms with Gasteiger partial charge in [0.25, 0.3) is 0 Å². The Morgan fingerprint density at radius 3 is 1.54 bits per heavy atom. The second-order valence-corrected chi connectivity index (χ2v) is 12.9.